The number of hydrogen-bond acceptors (Lipinski definition) is 5. The molecule has 0 N–H and O–H groups in total. The number of benzene rings is 1. The van der Waals surface area contributed by atoms with Crippen LogP contribution in [0.1, 0.15) is 9.67 Å². The summed E-state index contributed by atoms with van der Waals surface area (Å²) in [4.78, 5) is 17.4. The highest BCUT2D eigenvalue weighted by atomic mass is 35.5. The maximum atomic E-state index is 12.9. The van der Waals surface area contributed by atoms with Crippen molar-refractivity contribution in [2.45, 2.75) is 0 Å². The van der Waals surface area contributed by atoms with Crippen molar-refractivity contribution in [2.75, 3.05) is 31.1 Å². The lowest BCUT2D eigenvalue weighted by atomic mass is 10.2. The van der Waals surface area contributed by atoms with Crippen LogP contribution in [0.3, 0.4) is 0 Å². The molecule has 1 aliphatic heterocycles. The molecule has 3 aromatic rings. The number of anilines is 1. The fourth-order valence-corrected chi connectivity index (χ4v) is 4.68. The van der Waals surface area contributed by atoms with Crippen LogP contribution in [0.2, 0.25) is 10.0 Å². The van der Waals surface area contributed by atoms with Crippen LogP contribution >= 0.6 is 34.5 Å². The third kappa shape index (κ3) is 3.17. The van der Waals surface area contributed by atoms with Crippen molar-refractivity contribution in [2.24, 2.45) is 0 Å². The van der Waals surface area contributed by atoms with Gasteiger partial charge in [-0.3, -0.25) is 4.79 Å². The van der Waals surface area contributed by atoms with Crippen molar-refractivity contribution in [1.29, 1.82) is 0 Å². The Kier molecular flexibility index (Phi) is 4.50. The zero-order valence-electron chi connectivity index (χ0n) is 13.2. The molecule has 4 rings (SSSR count). The van der Waals surface area contributed by atoms with Gasteiger partial charge in [0.05, 0.1) is 5.02 Å². The second-order valence-electron chi connectivity index (χ2n) is 5.75. The SMILES string of the molecule is O=C(c1sc2cc(Cl)ccc2c1Cl)N1CCN(c2cccnn2)CC1. The number of amides is 1. The lowest BCUT2D eigenvalue weighted by Crippen LogP contribution is -2.49. The van der Waals surface area contributed by atoms with Gasteiger partial charge in [-0.1, -0.05) is 29.3 Å². The first-order chi connectivity index (χ1) is 12.1. The number of hydrogen-bond donors (Lipinski definition) is 0. The quantitative estimate of drug-likeness (QED) is 0.661. The lowest BCUT2D eigenvalue weighted by Gasteiger charge is -2.35. The molecule has 0 bridgehead atoms. The molecule has 8 heteroatoms. The largest absolute Gasteiger partial charge is 0.352 e. The fraction of sp³-hybridized carbons (Fsp3) is 0.235. The maximum absolute atomic E-state index is 12.9. The molecule has 2 aromatic heterocycles. The second kappa shape index (κ2) is 6.78. The van der Waals surface area contributed by atoms with E-state index in [9.17, 15) is 4.79 Å². The minimum Gasteiger partial charge on any atom is -0.352 e. The minimum atomic E-state index is -0.0267. The number of nitrogens with zero attached hydrogens (tertiary/aromatic N) is 4. The van der Waals surface area contributed by atoms with Crippen LogP contribution < -0.4 is 4.90 Å². The average molecular weight is 393 g/mol. The van der Waals surface area contributed by atoms with Gasteiger partial charge in [-0.2, -0.15) is 5.10 Å². The molecular formula is C17H14Cl2N4OS. The Morgan fingerprint density at radius 1 is 1.12 bits per heavy atom. The molecule has 3 heterocycles. The van der Waals surface area contributed by atoms with Gasteiger partial charge in [-0.25, -0.2) is 0 Å². The van der Waals surface area contributed by atoms with Gasteiger partial charge in [0, 0.05) is 47.5 Å². The number of carbonyl (C=O) groups excluding carboxylic acids is 1. The van der Waals surface area contributed by atoms with Gasteiger partial charge in [0.25, 0.3) is 5.91 Å². The summed E-state index contributed by atoms with van der Waals surface area (Å²) in [5.41, 5.74) is 0. The Morgan fingerprint density at radius 3 is 2.64 bits per heavy atom. The van der Waals surface area contributed by atoms with Crippen molar-refractivity contribution in [3.8, 4) is 0 Å². The molecular weight excluding hydrogens is 379 g/mol. The van der Waals surface area contributed by atoms with Gasteiger partial charge in [0.1, 0.15) is 4.88 Å². The van der Waals surface area contributed by atoms with Crippen LogP contribution in [0.15, 0.2) is 36.5 Å². The van der Waals surface area contributed by atoms with Gasteiger partial charge in [0.15, 0.2) is 5.82 Å². The number of rotatable bonds is 2. The van der Waals surface area contributed by atoms with Gasteiger partial charge in [-0.05, 0) is 24.3 Å². The lowest BCUT2D eigenvalue weighted by molar-refractivity contribution is 0.0751. The highest BCUT2D eigenvalue weighted by Crippen LogP contribution is 2.37. The van der Waals surface area contributed by atoms with Gasteiger partial charge < -0.3 is 9.80 Å². The molecule has 25 heavy (non-hydrogen) atoms. The van der Waals surface area contributed by atoms with Crippen LogP contribution in [-0.2, 0) is 0 Å². The van der Waals surface area contributed by atoms with Crippen molar-refractivity contribution in [3.05, 3.63) is 51.5 Å². The number of fused-ring (bicyclic) bond motifs is 1. The monoisotopic (exact) mass is 392 g/mol. The summed E-state index contributed by atoms with van der Waals surface area (Å²) in [5, 5.41) is 10.1. The van der Waals surface area contributed by atoms with E-state index in [1.54, 1.807) is 12.3 Å². The predicted molar refractivity (Wildman–Crippen MR) is 102 cm³/mol. The summed E-state index contributed by atoms with van der Waals surface area (Å²) in [6.45, 7) is 2.69. The molecule has 0 aliphatic carbocycles. The van der Waals surface area contributed by atoms with Crippen molar-refractivity contribution < 1.29 is 4.79 Å². The summed E-state index contributed by atoms with van der Waals surface area (Å²) in [6.07, 6.45) is 1.65. The zero-order chi connectivity index (χ0) is 17.4. The molecule has 0 atom stereocenters. The van der Waals surface area contributed by atoms with E-state index in [0.29, 0.717) is 28.0 Å². The number of thiophene rings is 1. The predicted octanol–water partition coefficient (Wildman–Crippen LogP) is 3.96. The molecule has 1 aromatic carbocycles. The smallest absolute Gasteiger partial charge is 0.265 e. The number of halogens is 2. The first kappa shape index (κ1) is 16.6. The van der Waals surface area contributed by atoms with Gasteiger partial charge in [-0.15, -0.1) is 16.4 Å². The fourth-order valence-electron chi connectivity index (χ4n) is 2.92. The summed E-state index contributed by atoms with van der Waals surface area (Å²) in [5.74, 6) is 0.810. The molecule has 5 nitrogen and oxygen atoms in total. The second-order valence-corrected chi connectivity index (χ2v) is 7.61. The van der Waals surface area contributed by atoms with Gasteiger partial charge >= 0.3 is 0 Å². The zero-order valence-corrected chi connectivity index (χ0v) is 15.5. The molecule has 1 fully saturated rings. The van der Waals surface area contributed by atoms with Crippen molar-refractivity contribution in [1.82, 2.24) is 15.1 Å². The van der Waals surface area contributed by atoms with E-state index in [1.807, 2.05) is 29.2 Å². The van der Waals surface area contributed by atoms with E-state index in [1.165, 1.54) is 11.3 Å². The Hall–Kier alpha value is -1.89. The first-order valence-corrected chi connectivity index (χ1v) is 9.40. The summed E-state index contributed by atoms with van der Waals surface area (Å²) in [6, 6.07) is 9.28. The highest BCUT2D eigenvalue weighted by molar-refractivity contribution is 7.21. The van der Waals surface area contributed by atoms with Crippen LogP contribution in [0, 0.1) is 0 Å². The molecule has 1 amide bonds. The van der Waals surface area contributed by atoms with E-state index in [-0.39, 0.29) is 5.91 Å². The first-order valence-electron chi connectivity index (χ1n) is 7.83. The summed E-state index contributed by atoms with van der Waals surface area (Å²) in [7, 11) is 0. The Labute approximate surface area is 158 Å². The molecule has 0 radical (unpaired) electrons. The topological polar surface area (TPSA) is 49.3 Å². The van der Waals surface area contributed by atoms with Crippen molar-refractivity contribution >= 4 is 56.3 Å². The molecule has 0 saturated carbocycles. The Bertz CT molecular complexity index is 923. The van der Waals surface area contributed by atoms with Crippen LogP contribution in [0.5, 0.6) is 0 Å². The van der Waals surface area contributed by atoms with E-state index in [2.05, 4.69) is 15.1 Å². The van der Waals surface area contributed by atoms with E-state index >= 15 is 0 Å². The normalized spacial score (nSPS) is 15.0. The van der Waals surface area contributed by atoms with E-state index in [4.69, 9.17) is 23.2 Å². The highest BCUT2D eigenvalue weighted by Gasteiger charge is 2.26. The van der Waals surface area contributed by atoms with E-state index in [0.717, 1.165) is 29.0 Å². The Morgan fingerprint density at radius 2 is 1.92 bits per heavy atom. The number of carbonyl (C=O) groups is 1. The van der Waals surface area contributed by atoms with Crippen LogP contribution in [-0.4, -0.2) is 47.2 Å². The van der Waals surface area contributed by atoms with Crippen molar-refractivity contribution in [3.63, 3.8) is 0 Å². The molecule has 1 aliphatic rings. The number of piperazine rings is 1. The molecule has 0 spiro atoms. The standard InChI is InChI=1S/C17H14Cl2N4OS/c18-11-3-4-12-13(10-11)25-16(15(12)19)17(24)23-8-6-22(7-9-23)14-2-1-5-20-21-14/h1-5,10H,6-9H2. The molecule has 1 saturated heterocycles. The van der Waals surface area contributed by atoms with E-state index < -0.39 is 0 Å². The molecule has 128 valence electrons. The molecule has 0 unspecified atom stereocenters. The third-order valence-electron chi connectivity index (χ3n) is 4.23. The van der Waals surface area contributed by atoms with Gasteiger partial charge in [0.2, 0.25) is 0 Å². The average Bonchev–Trinajstić information content (AvgIpc) is 2.98. The maximum Gasteiger partial charge on any atom is 0.265 e. The number of aromatic nitrogens is 2. The van der Waals surface area contributed by atoms with Crippen LogP contribution in [0.25, 0.3) is 10.1 Å². The summed E-state index contributed by atoms with van der Waals surface area (Å²) >= 11 is 13.9. The summed E-state index contributed by atoms with van der Waals surface area (Å²) < 4.78 is 0.930. The van der Waals surface area contributed by atoms with Crippen LogP contribution in [0.4, 0.5) is 5.82 Å². The minimum absolute atomic E-state index is 0.0267. The Balaban J connectivity index is 1.52. The third-order valence-corrected chi connectivity index (χ3v) is 6.12.